The largest absolute Gasteiger partial charge is 0.457 e. The zero-order valence-corrected chi connectivity index (χ0v) is 12.7. The molecule has 0 bridgehead atoms. The lowest BCUT2D eigenvalue weighted by Crippen LogP contribution is -2.36. The minimum absolute atomic E-state index is 0.260. The molecule has 1 unspecified atom stereocenters. The maximum atomic E-state index is 10.9. The van der Waals surface area contributed by atoms with Crippen LogP contribution in [0.15, 0.2) is 12.7 Å². The number of ether oxygens (including phenoxy) is 2. The summed E-state index contributed by atoms with van der Waals surface area (Å²) in [6.45, 7) is 8.12. The highest BCUT2D eigenvalue weighted by Gasteiger charge is 2.27. The summed E-state index contributed by atoms with van der Waals surface area (Å²) in [5, 5.41) is 0. The second kappa shape index (κ2) is 9.27. The van der Waals surface area contributed by atoms with Gasteiger partial charge in [-0.15, -0.1) is 0 Å². The van der Waals surface area contributed by atoms with Gasteiger partial charge < -0.3 is 18.3 Å². The molecule has 0 aliphatic rings. The molecule has 0 amide bonds. The summed E-state index contributed by atoms with van der Waals surface area (Å²) in [6, 6.07) is 0.876. The SMILES string of the molecule is C=CC(=O)OC(C)COCCC[Si](C)(OC)OC. The first-order valence-corrected chi connectivity index (χ1v) is 8.51. The Bertz CT molecular complexity index is 253. The van der Waals surface area contributed by atoms with Gasteiger partial charge in [-0.05, 0) is 25.9 Å². The van der Waals surface area contributed by atoms with E-state index in [1.165, 1.54) is 0 Å². The summed E-state index contributed by atoms with van der Waals surface area (Å²) < 4.78 is 21.1. The molecule has 18 heavy (non-hydrogen) atoms. The van der Waals surface area contributed by atoms with Gasteiger partial charge in [0.05, 0.1) is 6.61 Å². The second-order valence-electron chi connectivity index (χ2n) is 4.17. The summed E-state index contributed by atoms with van der Waals surface area (Å²) in [5.74, 6) is -0.426. The van der Waals surface area contributed by atoms with E-state index in [9.17, 15) is 4.79 Å². The van der Waals surface area contributed by atoms with Gasteiger partial charge in [0.15, 0.2) is 0 Å². The fourth-order valence-corrected chi connectivity index (χ4v) is 2.67. The summed E-state index contributed by atoms with van der Waals surface area (Å²) >= 11 is 0. The summed E-state index contributed by atoms with van der Waals surface area (Å²) in [5.41, 5.74) is 0. The molecule has 0 aliphatic carbocycles. The van der Waals surface area contributed by atoms with Crippen molar-refractivity contribution in [1.29, 1.82) is 0 Å². The third-order valence-corrected chi connectivity index (χ3v) is 5.61. The number of esters is 1. The molecule has 0 radical (unpaired) electrons. The molecule has 0 aromatic rings. The van der Waals surface area contributed by atoms with Crippen molar-refractivity contribution in [3.05, 3.63) is 12.7 Å². The molecule has 0 saturated carbocycles. The van der Waals surface area contributed by atoms with Crippen molar-refractivity contribution in [1.82, 2.24) is 0 Å². The summed E-state index contributed by atoms with van der Waals surface area (Å²) in [6.07, 6.45) is 1.75. The van der Waals surface area contributed by atoms with Crippen LogP contribution in [-0.4, -0.2) is 48.1 Å². The quantitative estimate of drug-likeness (QED) is 0.264. The molecule has 0 aromatic heterocycles. The van der Waals surface area contributed by atoms with Crippen LogP contribution >= 0.6 is 0 Å². The molecular formula is C12H24O5Si. The highest BCUT2D eigenvalue weighted by molar-refractivity contribution is 6.65. The normalized spacial score (nSPS) is 13.1. The molecule has 6 heteroatoms. The van der Waals surface area contributed by atoms with Gasteiger partial charge in [-0.2, -0.15) is 0 Å². The van der Waals surface area contributed by atoms with E-state index >= 15 is 0 Å². The fourth-order valence-electron chi connectivity index (χ4n) is 1.31. The predicted octanol–water partition coefficient (Wildman–Crippen LogP) is 1.88. The molecular weight excluding hydrogens is 252 g/mol. The Morgan fingerprint density at radius 1 is 1.39 bits per heavy atom. The summed E-state index contributed by atoms with van der Waals surface area (Å²) in [7, 11) is 1.36. The molecule has 0 fully saturated rings. The average Bonchev–Trinajstić information content (AvgIpc) is 2.37. The van der Waals surface area contributed by atoms with E-state index in [4.69, 9.17) is 18.3 Å². The molecule has 106 valence electrons. The first-order chi connectivity index (χ1) is 8.47. The molecule has 0 rings (SSSR count). The van der Waals surface area contributed by atoms with Gasteiger partial charge in [0.2, 0.25) is 0 Å². The van der Waals surface area contributed by atoms with Gasteiger partial charge in [0.25, 0.3) is 0 Å². The maximum Gasteiger partial charge on any atom is 0.334 e. The van der Waals surface area contributed by atoms with E-state index in [0.717, 1.165) is 18.5 Å². The average molecular weight is 276 g/mol. The first-order valence-electron chi connectivity index (χ1n) is 5.98. The maximum absolute atomic E-state index is 10.9. The highest BCUT2D eigenvalue weighted by atomic mass is 28.4. The van der Waals surface area contributed by atoms with Crippen LogP contribution in [-0.2, 0) is 23.1 Å². The number of rotatable bonds is 10. The Labute approximate surface area is 110 Å². The van der Waals surface area contributed by atoms with Gasteiger partial charge in [0, 0.05) is 26.9 Å². The first kappa shape index (κ1) is 17.3. The Morgan fingerprint density at radius 2 is 2.00 bits per heavy atom. The molecule has 0 aromatic carbocycles. The highest BCUT2D eigenvalue weighted by Crippen LogP contribution is 2.13. The van der Waals surface area contributed by atoms with E-state index in [2.05, 4.69) is 6.58 Å². The summed E-state index contributed by atoms with van der Waals surface area (Å²) in [4.78, 5) is 10.9. The van der Waals surface area contributed by atoms with Crippen LogP contribution in [0.2, 0.25) is 12.6 Å². The Balaban J connectivity index is 3.62. The van der Waals surface area contributed by atoms with Crippen molar-refractivity contribution < 1.29 is 23.1 Å². The molecule has 0 N–H and O–H groups in total. The zero-order valence-electron chi connectivity index (χ0n) is 11.7. The van der Waals surface area contributed by atoms with Crippen molar-refractivity contribution >= 4 is 14.5 Å². The van der Waals surface area contributed by atoms with Crippen molar-refractivity contribution in [2.75, 3.05) is 27.4 Å². The van der Waals surface area contributed by atoms with E-state index < -0.39 is 14.5 Å². The third-order valence-electron chi connectivity index (χ3n) is 2.62. The van der Waals surface area contributed by atoms with Crippen LogP contribution < -0.4 is 0 Å². The van der Waals surface area contributed by atoms with E-state index in [0.29, 0.717) is 13.2 Å². The van der Waals surface area contributed by atoms with Gasteiger partial charge in [0.1, 0.15) is 6.10 Å². The van der Waals surface area contributed by atoms with Gasteiger partial charge >= 0.3 is 14.5 Å². The van der Waals surface area contributed by atoms with Crippen molar-refractivity contribution in [2.24, 2.45) is 0 Å². The topological polar surface area (TPSA) is 54.0 Å². The van der Waals surface area contributed by atoms with E-state index in [1.807, 2.05) is 6.55 Å². The Kier molecular flexibility index (Phi) is 8.91. The number of carbonyl (C=O) groups is 1. The lowest BCUT2D eigenvalue weighted by atomic mass is 10.4. The monoisotopic (exact) mass is 276 g/mol. The molecule has 5 nitrogen and oxygen atoms in total. The lowest BCUT2D eigenvalue weighted by Gasteiger charge is -2.22. The molecule has 1 atom stereocenters. The lowest BCUT2D eigenvalue weighted by molar-refractivity contribution is -0.144. The van der Waals surface area contributed by atoms with Crippen molar-refractivity contribution in [3.8, 4) is 0 Å². The predicted molar refractivity (Wildman–Crippen MR) is 71.6 cm³/mol. The third kappa shape index (κ3) is 7.60. The molecule has 0 heterocycles. The Morgan fingerprint density at radius 3 is 2.50 bits per heavy atom. The number of hydrogen-bond acceptors (Lipinski definition) is 5. The molecule has 0 spiro atoms. The molecule has 0 aliphatic heterocycles. The fraction of sp³-hybridized carbons (Fsp3) is 0.750. The molecule has 0 saturated heterocycles. The minimum Gasteiger partial charge on any atom is -0.457 e. The second-order valence-corrected chi connectivity index (χ2v) is 7.76. The van der Waals surface area contributed by atoms with E-state index in [-0.39, 0.29) is 6.10 Å². The van der Waals surface area contributed by atoms with Crippen molar-refractivity contribution in [2.45, 2.75) is 32.0 Å². The van der Waals surface area contributed by atoms with Crippen LogP contribution in [0.5, 0.6) is 0 Å². The Hall–Kier alpha value is -0.693. The van der Waals surface area contributed by atoms with Gasteiger partial charge in [-0.25, -0.2) is 4.79 Å². The van der Waals surface area contributed by atoms with Gasteiger partial charge in [-0.3, -0.25) is 0 Å². The minimum atomic E-state index is -1.99. The zero-order chi connectivity index (χ0) is 14.0. The smallest absolute Gasteiger partial charge is 0.334 e. The van der Waals surface area contributed by atoms with Gasteiger partial charge in [-0.1, -0.05) is 6.58 Å². The van der Waals surface area contributed by atoms with Crippen LogP contribution in [0.3, 0.4) is 0 Å². The van der Waals surface area contributed by atoms with Crippen LogP contribution in [0.1, 0.15) is 13.3 Å². The standard InChI is InChI=1S/C12H24O5Si/c1-6-12(13)17-11(2)10-16-8-7-9-18(5,14-3)15-4/h6,11H,1,7-10H2,2-5H3. The van der Waals surface area contributed by atoms with Crippen LogP contribution in [0.4, 0.5) is 0 Å². The van der Waals surface area contributed by atoms with Crippen LogP contribution in [0, 0.1) is 0 Å². The van der Waals surface area contributed by atoms with Crippen LogP contribution in [0.25, 0.3) is 0 Å². The van der Waals surface area contributed by atoms with Crippen molar-refractivity contribution in [3.63, 3.8) is 0 Å². The van der Waals surface area contributed by atoms with E-state index in [1.54, 1.807) is 21.1 Å². The number of hydrogen-bond donors (Lipinski definition) is 0. The number of carbonyl (C=O) groups excluding carboxylic acids is 1.